The fourth-order valence-electron chi connectivity index (χ4n) is 0.525. The SMILES string of the molecule is O=C(O)C1=CC(Cl)=NC1. The summed E-state index contributed by atoms with van der Waals surface area (Å²) >= 11 is 5.36. The van der Waals surface area contributed by atoms with Crippen molar-refractivity contribution >= 4 is 22.7 Å². The molecule has 0 radical (unpaired) electrons. The number of carbonyl (C=O) groups is 1. The van der Waals surface area contributed by atoms with Crippen LogP contribution in [0, 0.1) is 0 Å². The molecule has 1 aliphatic rings. The van der Waals surface area contributed by atoms with Crippen molar-refractivity contribution in [2.75, 3.05) is 6.54 Å². The van der Waals surface area contributed by atoms with Gasteiger partial charge in [-0.15, -0.1) is 0 Å². The molecule has 0 fully saturated rings. The Kier molecular flexibility index (Phi) is 1.53. The van der Waals surface area contributed by atoms with Gasteiger partial charge in [0.05, 0.1) is 12.1 Å². The van der Waals surface area contributed by atoms with Gasteiger partial charge >= 0.3 is 5.97 Å². The largest absolute Gasteiger partial charge is 0.478 e. The van der Waals surface area contributed by atoms with Gasteiger partial charge in [-0.1, -0.05) is 11.6 Å². The van der Waals surface area contributed by atoms with Crippen LogP contribution in [-0.2, 0) is 4.79 Å². The van der Waals surface area contributed by atoms with E-state index in [1.165, 1.54) is 6.08 Å². The molecule has 4 heteroatoms. The summed E-state index contributed by atoms with van der Waals surface area (Å²) in [7, 11) is 0. The third kappa shape index (κ3) is 1.29. The topological polar surface area (TPSA) is 49.7 Å². The van der Waals surface area contributed by atoms with Crippen molar-refractivity contribution < 1.29 is 9.90 Å². The maximum absolute atomic E-state index is 10.1. The quantitative estimate of drug-likeness (QED) is 0.589. The molecule has 0 spiro atoms. The van der Waals surface area contributed by atoms with Crippen LogP contribution >= 0.6 is 11.6 Å². The molecule has 1 N–H and O–H groups in total. The Morgan fingerprint density at radius 1 is 1.89 bits per heavy atom. The van der Waals surface area contributed by atoms with Gasteiger partial charge in [0.25, 0.3) is 0 Å². The lowest BCUT2D eigenvalue weighted by molar-refractivity contribution is -0.132. The molecule has 0 atom stereocenters. The summed E-state index contributed by atoms with van der Waals surface area (Å²) in [4.78, 5) is 13.8. The maximum Gasteiger partial charge on any atom is 0.333 e. The van der Waals surface area contributed by atoms with Gasteiger partial charge in [0.15, 0.2) is 0 Å². The van der Waals surface area contributed by atoms with Crippen molar-refractivity contribution in [1.29, 1.82) is 0 Å². The van der Waals surface area contributed by atoms with Crippen LogP contribution in [0.15, 0.2) is 16.6 Å². The van der Waals surface area contributed by atoms with Crippen molar-refractivity contribution in [3.63, 3.8) is 0 Å². The Labute approximate surface area is 56.7 Å². The first kappa shape index (κ1) is 6.29. The van der Waals surface area contributed by atoms with Crippen LogP contribution in [0.3, 0.4) is 0 Å². The number of aliphatic imine (C=N–C) groups is 1. The Bertz CT molecular complexity index is 207. The Hall–Kier alpha value is -0.830. The summed E-state index contributed by atoms with van der Waals surface area (Å²) in [6.07, 6.45) is 1.35. The van der Waals surface area contributed by atoms with E-state index in [9.17, 15) is 4.79 Å². The fraction of sp³-hybridized carbons (Fsp3) is 0.200. The fourth-order valence-corrected chi connectivity index (χ4v) is 0.717. The summed E-state index contributed by atoms with van der Waals surface area (Å²) in [5, 5.41) is 8.60. The number of halogens is 1. The van der Waals surface area contributed by atoms with Gasteiger partial charge in [0.2, 0.25) is 0 Å². The van der Waals surface area contributed by atoms with Crippen LogP contribution in [-0.4, -0.2) is 22.8 Å². The molecule has 1 rings (SSSR count). The van der Waals surface area contributed by atoms with Crippen LogP contribution in [0.1, 0.15) is 0 Å². The first-order chi connectivity index (χ1) is 4.20. The van der Waals surface area contributed by atoms with Gasteiger partial charge < -0.3 is 5.11 Å². The van der Waals surface area contributed by atoms with E-state index in [1.54, 1.807) is 0 Å². The van der Waals surface area contributed by atoms with E-state index in [4.69, 9.17) is 16.7 Å². The summed E-state index contributed by atoms with van der Waals surface area (Å²) in [5.41, 5.74) is 0.250. The van der Waals surface area contributed by atoms with Crippen molar-refractivity contribution in [3.05, 3.63) is 11.6 Å². The van der Waals surface area contributed by atoms with E-state index >= 15 is 0 Å². The molecule has 48 valence electrons. The minimum Gasteiger partial charge on any atom is -0.478 e. The zero-order chi connectivity index (χ0) is 6.85. The molecule has 9 heavy (non-hydrogen) atoms. The average Bonchev–Trinajstić information content (AvgIpc) is 2.14. The average molecular weight is 146 g/mol. The number of carboxylic acids is 1. The molecule has 0 saturated heterocycles. The van der Waals surface area contributed by atoms with Gasteiger partial charge in [0.1, 0.15) is 5.17 Å². The molecular formula is C5H4ClNO2. The van der Waals surface area contributed by atoms with Crippen molar-refractivity contribution in [1.82, 2.24) is 0 Å². The van der Waals surface area contributed by atoms with Gasteiger partial charge in [-0.2, -0.15) is 0 Å². The smallest absolute Gasteiger partial charge is 0.333 e. The number of carboxylic acid groups (broad SMARTS) is 1. The summed E-state index contributed by atoms with van der Waals surface area (Å²) in [5.74, 6) is -0.950. The highest BCUT2D eigenvalue weighted by Gasteiger charge is 2.11. The zero-order valence-corrected chi connectivity index (χ0v) is 5.22. The van der Waals surface area contributed by atoms with Crippen molar-refractivity contribution in [2.24, 2.45) is 4.99 Å². The third-order valence-electron chi connectivity index (χ3n) is 0.968. The van der Waals surface area contributed by atoms with Gasteiger partial charge in [0, 0.05) is 0 Å². The first-order valence-electron chi connectivity index (χ1n) is 2.34. The number of allylic oxidation sites excluding steroid dienone is 1. The summed E-state index contributed by atoms with van der Waals surface area (Å²) in [6, 6.07) is 0. The van der Waals surface area contributed by atoms with E-state index in [0.717, 1.165) is 0 Å². The second-order valence-corrected chi connectivity index (χ2v) is 2.00. The molecule has 3 nitrogen and oxygen atoms in total. The van der Waals surface area contributed by atoms with Crippen LogP contribution in [0.4, 0.5) is 0 Å². The molecule has 0 unspecified atom stereocenters. The zero-order valence-electron chi connectivity index (χ0n) is 4.47. The standard InChI is InChI=1S/C5H4ClNO2/c6-4-1-3(2-7-4)5(8)9/h1H,2H2,(H,8,9). The molecule has 0 saturated carbocycles. The molecule has 0 aromatic heterocycles. The number of rotatable bonds is 1. The van der Waals surface area contributed by atoms with E-state index in [-0.39, 0.29) is 17.3 Å². The highest BCUT2D eigenvalue weighted by Crippen LogP contribution is 2.06. The van der Waals surface area contributed by atoms with Gasteiger partial charge in [-0.05, 0) is 6.08 Å². The van der Waals surface area contributed by atoms with Crippen LogP contribution in [0.25, 0.3) is 0 Å². The number of nitrogens with zero attached hydrogens (tertiary/aromatic N) is 1. The molecule has 0 aromatic carbocycles. The lowest BCUT2D eigenvalue weighted by atomic mass is 10.3. The second kappa shape index (κ2) is 2.19. The van der Waals surface area contributed by atoms with Crippen molar-refractivity contribution in [2.45, 2.75) is 0 Å². The second-order valence-electron chi connectivity index (χ2n) is 1.61. The van der Waals surface area contributed by atoms with Crippen LogP contribution in [0.2, 0.25) is 0 Å². The summed E-state index contributed by atoms with van der Waals surface area (Å²) < 4.78 is 0. The van der Waals surface area contributed by atoms with E-state index in [2.05, 4.69) is 4.99 Å². The Balaban J connectivity index is 2.71. The van der Waals surface area contributed by atoms with E-state index in [1.807, 2.05) is 0 Å². The van der Waals surface area contributed by atoms with Gasteiger partial charge in [-0.3, -0.25) is 4.99 Å². The van der Waals surface area contributed by atoms with Crippen molar-refractivity contribution in [3.8, 4) is 0 Å². The summed E-state index contributed by atoms with van der Waals surface area (Å²) in [6.45, 7) is 0.203. The molecule has 1 aliphatic heterocycles. The lowest BCUT2D eigenvalue weighted by Gasteiger charge is -1.85. The molecule has 0 bridgehead atoms. The molecular weight excluding hydrogens is 142 g/mol. The van der Waals surface area contributed by atoms with Crippen LogP contribution < -0.4 is 0 Å². The number of hydrogen-bond donors (Lipinski definition) is 1. The number of aliphatic carboxylic acids is 1. The third-order valence-corrected chi connectivity index (χ3v) is 1.20. The molecule has 0 aromatic rings. The van der Waals surface area contributed by atoms with E-state index in [0.29, 0.717) is 0 Å². The normalized spacial score (nSPS) is 17.0. The highest BCUT2D eigenvalue weighted by molar-refractivity contribution is 6.69. The Morgan fingerprint density at radius 2 is 2.56 bits per heavy atom. The van der Waals surface area contributed by atoms with Crippen LogP contribution in [0.5, 0.6) is 0 Å². The monoisotopic (exact) mass is 145 g/mol. The predicted octanol–water partition coefficient (Wildman–Crippen LogP) is 0.648. The maximum atomic E-state index is 10.1. The lowest BCUT2D eigenvalue weighted by Crippen LogP contribution is -2.00. The predicted molar refractivity (Wildman–Crippen MR) is 33.9 cm³/mol. The number of hydrogen-bond acceptors (Lipinski definition) is 2. The first-order valence-corrected chi connectivity index (χ1v) is 2.72. The van der Waals surface area contributed by atoms with E-state index < -0.39 is 5.97 Å². The minimum absolute atomic E-state index is 0.203. The van der Waals surface area contributed by atoms with Gasteiger partial charge in [-0.25, -0.2) is 4.79 Å². The minimum atomic E-state index is -0.950. The Morgan fingerprint density at radius 3 is 2.78 bits per heavy atom. The molecule has 1 heterocycles. The molecule has 0 aliphatic carbocycles. The highest BCUT2D eigenvalue weighted by atomic mass is 35.5. The molecule has 0 amide bonds.